The molecule has 0 radical (unpaired) electrons. The van der Waals surface area contributed by atoms with Crippen LogP contribution in [0.25, 0.3) is 22.9 Å². The number of aromatic nitrogens is 5. The normalized spacial score (nSPS) is 11.6. The van der Waals surface area contributed by atoms with Crippen molar-refractivity contribution in [2.45, 2.75) is 32.7 Å². The number of nitrogens with zero attached hydrogens (tertiary/aromatic N) is 5. The van der Waals surface area contributed by atoms with Crippen LogP contribution in [0.15, 0.2) is 47.9 Å². The predicted octanol–water partition coefficient (Wildman–Crippen LogP) is 3.79. The van der Waals surface area contributed by atoms with E-state index in [0.717, 1.165) is 11.1 Å². The van der Waals surface area contributed by atoms with Crippen molar-refractivity contribution in [1.29, 1.82) is 0 Å². The number of carbonyl (C=O) groups excluding carboxylic acids is 1. The topological polar surface area (TPSA) is 98.2 Å². The minimum Gasteiger partial charge on any atom is -0.345 e. The summed E-state index contributed by atoms with van der Waals surface area (Å²) in [6.45, 7) is 9.43. The molecular formula is C22H21FN6O2. The second-order valence-corrected chi connectivity index (χ2v) is 8.08. The van der Waals surface area contributed by atoms with E-state index in [0.29, 0.717) is 22.7 Å². The van der Waals surface area contributed by atoms with Crippen molar-refractivity contribution >= 4 is 17.5 Å². The summed E-state index contributed by atoms with van der Waals surface area (Å²) in [5.41, 5.74) is 2.78. The molecule has 4 aromatic rings. The zero-order chi connectivity index (χ0) is 22.2. The first-order chi connectivity index (χ1) is 14.8. The van der Waals surface area contributed by atoms with E-state index in [1.807, 2.05) is 33.0 Å². The number of hydrogen-bond donors (Lipinski definition) is 1. The Balaban J connectivity index is 1.52. The van der Waals surface area contributed by atoms with Gasteiger partial charge in [0.1, 0.15) is 12.1 Å². The van der Waals surface area contributed by atoms with Gasteiger partial charge in [-0.05, 0) is 17.7 Å². The van der Waals surface area contributed by atoms with E-state index in [9.17, 15) is 9.18 Å². The number of nitrogens with one attached hydrogen (secondary N) is 1. The molecule has 3 heterocycles. The Kier molecular flexibility index (Phi) is 5.10. The van der Waals surface area contributed by atoms with Gasteiger partial charge in [0, 0.05) is 29.3 Å². The third-order valence-corrected chi connectivity index (χ3v) is 4.70. The van der Waals surface area contributed by atoms with E-state index in [4.69, 9.17) is 4.52 Å². The van der Waals surface area contributed by atoms with Gasteiger partial charge >= 0.3 is 0 Å². The Hall–Kier alpha value is -3.88. The highest BCUT2D eigenvalue weighted by Gasteiger charge is 2.24. The van der Waals surface area contributed by atoms with E-state index in [-0.39, 0.29) is 17.8 Å². The third kappa shape index (κ3) is 4.07. The first-order valence-corrected chi connectivity index (χ1v) is 9.63. The van der Waals surface area contributed by atoms with Gasteiger partial charge in [-0.15, -0.1) is 0 Å². The Morgan fingerprint density at radius 2 is 2.13 bits per heavy atom. The monoisotopic (exact) mass is 420 g/mol. The summed E-state index contributed by atoms with van der Waals surface area (Å²) < 4.78 is 21.5. The SMILES string of the molecule is C=Cc1cc2c(-c3ccc(CNC(=O)c4noc(C(C)(C)C)n4)c(F)c3)ncnn2c1. The van der Waals surface area contributed by atoms with Crippen LogP contribution in [-0.4, -0.2) is 30.6 Å². The fourth-order valence-electron chi connectivity index (χ4n) is 3.00. The molecule has 0 spiro atoms. The average Bonchev–Trinajstić information content (AvgIpc) is 3.39. The summed E-state index contributed by atoms with van der Waals surface area (Å²) in [4.78, 5) is 20.7. The van der Waals surface area contributed by atoms with Gasteiger partial charge in [0.25, 0.3) is 11.7 Å². The van der Waals surface area contributed by atoms with Gasteiger partial charge in [-0.1, -0.05) is 50.7 Å². The van der Waals surface area contributed by atoms with E-state index >= 15 is 0 Å². The highest BCUT2D eigenvalue weighted by atomic mass is 19.1. The lowest BCUT2D eigenvalue weighted by Crippen LogP contribution is -2.24. The molecule has 0 atom stereocenters. The van der Waals surface area contributed by atoms with Gasteiger partial charge in [0.15, 0.2) is 0 Å². The lowest BCUT2D eigenvalue weighted by atomic mass is 9.97. The van der Waals surface area contributed by atoms with Gasteiger partial charge in [-0.2, -0.15) is 10.1 Å². The maximum atomic E-state index is 14.8. The van der Waals surface area contributed by atoms with Crippen LogP contribution in [0.2, 0.25) is 0 Å². The molecule has 1 aromatic carbocycles. The Labute approximate surface area is 177 Å². The van der Waals surface area contributed by atoms with Crippen molar-refractivity contribution in [1.82, 2.24) is 30.1 Å². The number of amides is 1. The number of halogens is 1. The molecule has 158 valence electrons. The Morgan fingerprint density at radius 1 is 1.32 bits per heavy atom. The number of hydrogen-bond acceptors (Lipinski definition) is 6. The lowest BCUT2D eigenvalue weighted by molar-refractivity contribution is 0.0937. The van der Waals surface area contributed by atoms with Crippen LogP contribution in [0, 0.1) is 5.82 Å². The smallest absolute Gasteiger partial charge is 0.292 e. The minimum absolute atomic E-state index is 0.0186. The third-order valence-electron chi connectivity index (χ3n) is 4.70. The molecule has 1 amide bonds. The molecule has 0 saturated carbocycles. The van der Waals surface area contributed by atoms with Crippen molar-refractivity contribution in [2.24, 2.45) is 0 Å². The van der Waals surface area contributed by atoms with Crippen LogP contribution in [0.3, 0.4) is 0 Å². The number of fused-ring (bicyclic) bond motifs is 1. The largest absolute Gasteiger partial charge is 0.345 e. The van der Waals surface area contributed by atoms with Crippen LogP contribution < -0.4 is 5.32 Å². The first-order valence-electron chi connectivity index (χ1n) is 9.63. The summed E-state index contributed by atoms with van der Waals surface area (Å²) in [5.74, 6) is -0.732. The summed E-state index contributed by atoms with van der Waals surface area (Å²) in [6, 6.07) is 6.62. The zero-order valence-corrected chi connectivity index (χ0v) is 17.4. The molecule has 0 fully saturated rings. The number of benzene rings is 1. The van der Waals surface area contributed by atoms with Crippen molar-refractivity contribution in [3.8, 4) is 11.3 Å². The molecular weight excluding hydrogens is 399 g/mol. The molecule has 31 heavy (non-hydrogen) atoms. The van der Waals surface area contributed by atoms with Crippen LogP contribution in [0.5, 0.6) is 0 Å². The van der Waals surface area contributed by atoms with E-state index in [1.165, 1.54) is 12.4 Å². The molecule has 0 bridgehead atoms. The molecule has 0 saturated heterocycles. The maximum Gasteiger partial charge on any atom is 0.292 e. The lowest BCUT2D eigenvalue weighted by Gasteiger charge is -2.10. The standard InChI is InChI=1S/C22H21FN6O2/c1-5-13-8-17-18(25-12-26-29(17)11-13)14-6-7-15(16(23)9-14)10-24-20(30)19-27-21(31-28-19)22(2,3)4/h5-9,11-12H,1,10H2,2-4H3,(H,24,30). The maximum absolute atomic E-state index is 14.8. The second-order valence-electron chi connectivity index (χ2n) is 8.08. The van der Waals surface area contributed by atoms with Gasteiger partial charge < -0.3 is 9.84 Å². The van der Waals surface area contributed by atoms with E-state index in [1.54, 1.807) is 22.7 Å². The first kappa shape index (κ1) is 20.4. The fourth-order valence-corrected chi connectivity index (χ4v) is 3.00. The minimum atomic E-state index is -0.537. The van der Waals surface area contributed by atoms with Gasteiger partial charge in [-0.25, -0.2) is 13.9 Å². The molecule has 4 rings (SSSR count). The van der Waals surface area contributed by atoms with Crippen molar-refractivity contribution < 1.29 is 13.7 Å². The van der Waals surface area contributed by atoms with Crippen LogP contribution in [0.1, 0.15) is 48.4 Å². The van der Waals surface area contributed by atoms with Gasteiger partial charge in [0.05, 0.1) is 11.2 Å². The van der Waals surface area contributed by atoms with E-state index in [2.05, 4.69) is 32.1 Å². The van der Waals surface area contributed by atoms with Gasteiger partial charge in [0.2, 0.25) is 5.89 Å². The quantitative estimate of drug-likeness (QED) is 0.528. The van der Waals surface area contributed by atoms with Crippen LogP contribution in [0.4, 0.5) is 4.39 Å². The molecule has 1 N–H and O–H groups in total. The number of rotatable bonds is 5. The number of carbonyl (C=O) groups is 1. The molecule has 0 unspecified atom stereocenters. The fraction of sp³-hybridized carbons (Fsp3) is 0.227. The average molecular weight is 420 g/mol. The molecule has 0 aliphatic carbocycles. The summed E-state index contributed by atoms with van der Waals surface area (Å²) in [5, 5.41) is 10.5. The zero-order valence-electron chi connectivity index (χ0n) is 17.4. The summed E-state index contributed by atoms with van der Waals surface area (Å²) in [7, 11) is 0. The Bertz CT molecular complexity index is 1280. The predicted molar refractivity (Wildman–Crippen MR) is 113 cm³/mol. The molecule has 8 nitrogen and oxygen atoms in total. The summed E-state index contributed by atoms with van der Waals surface area (Å²) in [6.07, 6.45) is 4.94. The second kappa shape index (κ2) is 7.75. The molecule has 9 heteroatoms. The molecule has 0 aliphatic rings. The van der Waals surface area contributed by atoms with Crippen molar-refractivity contribution in [3.05, 3.63) is 72.0 Å². The van der Waals surface area contributed by atoms with Crippen LogP contribution >= 0.6 is 0 Å². The summed E-state index contributed by atoms with van der Waals surface area (Å²) >= 11 is 0. The highest BCUT2D eigenvalue weighted by Crippen LogP contribution is 2.25. The molecule has 3 aromatic heterocycles. The van der Waals surface area contributed by atoms with Gasteiger partial charge in [-0.3, -0.25) is 4.79 Å². The van der Waals surface area contributed by atoms with Crippen molar-refractivity contribution in [3.63, 3.8) is 0 Å². The molecule has 0 aliphatic heterocycles. The highest BCUT2D eigenvalue weighted by molar-refractivity contribution is 5.90. The van der Waals surface area contributed by atoms with E-state index < -0.39 is 11.7 Å². The van der Waals surface area contributed by atoms with Crippen molar-refractivity contribution in [2.75, 3.05) is 0 Å². The van der Waals surface area contributed by atoms with Crippen LogP contribution in [-0.2, 0) is 12.0 Å². The Morgan fingerprint density at radius 3 is 2.81 bits per heavy atom.